The average Bonchev–Trinajstić information content (AvgIpc) is 3.44. The van der Waals surface area contributed by atoms with E-state index in [9.17, 15) is 9.59 Å². The Morgan fingerprint density at radius 3 is 2.44 bits per heavy atom. The quantitative estimate of drug-likeness (QED) is 0.825. The van der Waals surface area contributed by atoms with E-state index in [0.29, 0.717) is 24.1 Å². The van der Waals surface area contributed by atoms with Gasteiger partial charge >= 0.3 is 0 Å². The van der Waals surface area contributed by atoms with Gasteiger partial charge in [-0.15, -0.1) is 0 Å². The number of rotatable bonds is 5. The fraction of sp³-hybridized carbons (Fsp3) is 0.250. The Balaban J connectivity index is 1.67. The lowest BCUT2D eigenvalue weighted by Crippen LogP contribution is -2.41. The van der Waals surface area contributed by atoms with Crippen LogP contribution in [-0.2, 0) is 9.59 Å². The minimum Gasteiger partial charge on any atom is -0.349 e. The molecule has 0 bridgehead atoms. The first-order chi connectivity index (χ1) is 12.0. The summed E-state index contributed by atoms with van der Waals surface area (Å²) in [6.07, 6.45) is 1.06. The molecule has 0 aliphatic heterocycles. The Labute approximate surface area is 146 Å². The highest BCUT2D eigenvalue weighted by Gasteiger charge is 2.56. The van der Waals surface area contributed by atoms with Gasteiger partial charge in [0, 0.05) is 5.69 Å². The Kier molecular flexibility index (Phi) is 4.53. The van der Waals surface area contributed by atoms with Crippen LogP contribution >= 0.6 is 0 Å². The standard InChI is InChI=1S/C20H19N3O2/c1-14(16-7-3-2-4-8-16)22-18(24)20(10-11-20)19(25)23-17-9-5-6-15(12-17)13-21/h2-9,12,14H,10-11H2,1H3,(H,22,24)(H,23,25). The number of amides is 2. The molecular formula is C20H19N3O2. The van der Waals surface area contributed by atoms with E-state index in [1.54, 1.807) is 24.3 Å². The SMILES string of the molecule is CC(NC(=O)C1(C(=O)Nc2cccc(C#N)c2)CC1)c1ccccc1. The van der Waals surface area contributed by atoms with Crippen LogP contribution in [0, 0.1) is 16.7 Å². The molecule has 0 radical (unpaired) electrons. The molecule has 0 spiro atoms. The van der Waals surface area contributed by atoms with Gasteiger partial charge in [0.05, 0.1) is 17.7 Å². The summed E-state index contributed by atoms with van der Waals surface area (Å²) in [5.41, 5.74) is 0.976. The zero-order chi connectivity index (χ0) is 17.9. The Morgan fingerprint density at radius 1 is 1.08 bits per heavy atom. The second kappa shape index (κ2) is 6.78. The molecule has 5 nitrogen and oxygen atoms in total. The molecule has 1 atom stereocenters. The van der Waals surface area contributed by atoms with Crippen LogP contribution in [0.25, 0.3) is 0 Å². The molecule has 1 aliphatic rings. The minimum absolute atomic E-state index is 0.166. The molecule has 1 fully saturated rings. The van der Waals surface area contributed by atoms with Gasteiger partial charge in [0.15, 0.2) is 0 Å². The van der Waals surface area contributed by atoms with Crippen molar-refractivity contribution in [1.82, 2.24) is 5.32 Å². The fourth-order valence-electron chi connectivity index (χ4n) is 2.76. The molecule has 2 amide bonds. The molecule has 25 heavy (non-hydrogen) atoms. The highest BCUT2D eigenvalue weighted by molar-refractivity contribution is 6.13. The molecular weight excluding hydrogens is 314 g/mol. The summed E-state index contributed by atoms with van der Waals surface area (Å²) in [4.78, 5) is 25.2. The van der Waals surface area contributed by atoms with E-state index in [0.717, 1.165) is 5.56 Å². The van der Waals surface area contributed by atoms with Crippen molar-refractivity contribution >= 4 is 17.5 Å². The lowest BCUT2D eigenvalue weighted by atomic mass is 10.0. The molecule has 1 unspecified atom stereocenters. The summed E-state index contributed by atoms with van der Waals surface area (Å²) < 4.78 is 0. The number of anilines is 1. The summed E-state index contributed by atoms with van der Waals surface area (Å²) in [5, 5.41) is 14.6. The molecule has 0 heterocycles. The molecule has 0 saturated heterocycles. The Morgan fingerprint density at radius 2 is 1.80 bits per heavy atom. The second-order valence-electron chi connectivity index (χ2n) is 6.33. The Hall–Kier alpha value is -3.13. The third-order valence-corrected chi connectivity index (χ3v) is 4.52. The third-order valence-electron chi connectivity index (χ3n) is 4.52. The van der Waals surface area contributed by atoms with Crippen LogP contribution < -0.4 is 10.6 Å². The second-order valence-corrected chi connectivity index (χ2v) is 6.33. The van der Waals surface area contributed by atoms with Crippen molar-refractivity contribution in [3.05, 3.63) is 65.7 Å². The van der Waals surface area contributed by atoms with E-state index in [-0.39, 0.29) is 17.9 Å². The highest BCUT2D eigenvalue weighted by Crippen LogP contribution is 2.47. The van der Waals surface area contributed by atoms with Crippen molar-refractivity contribution in [2.24, 2.45) is 5.41 Å². The van der Waals surface area contributed by atoms with Crippen molar-refractivity contribution < 1.29 is 9.59 Å². The lowest BCUT2D eigenvalue weighted by Gasteiger charge is -2.19. The van der Waals surface area contributed by atoms with Gasteiger partial charge in [-0.1, -0.05) is 36.4 Å². The number of carbonyl (C=O) groups excluding carboxylic acids is 2. The van der Waals surface area contributed by atoms with Crippen LogP contribution in [0.2, 0.25) is 0 Å². The number of hydrogen-bond acceptors (Lipinski definition) is 3. The number of nitrogens with zero attached hydrogens (tertiary/aromatic N) is 1. The van der Waals surface area contributed by atoms with Crippen LogP contribution in [0.4, 0.5) is 5.69 Å². The van der Waals surface area contributed by atoms with E-state index < -0.39 is 5.41 Å². The largest absolute Gasteiger partial charge is 0.349 e. The number of nitriles is 1. The van der Waals surface area contributed by atoms with Crippen LogP contribution in [0.1, 0.15) is 36.9 Å². The van der Waals surface area contributed by atoms with Gasteiger partial charge in [-0.3, -0.25) is 9.59 Å². The molecule has 2 aromatic rings. The van der Waals surface area contributed by atoms with Gasteiger partial charge in [0.25, 0.3) is 0 Å². The van der Waals surface area contributed by atoms with Crippen LogP contribution in [0.3, 0.4) is 0 Å². The molecule has 3 rings (SSSR count). The molecule has 1 saturated carbocycles. The van der Waals surface area contributed by atoms with Gasteiger partial charge in [-0.25, -0.2) is 0 Å². The van der Waals surface area contributed by atoms with Crippen LogP contribution in [0.5, 0.6) is 0 Å². The van der Waals surface area contributed by atoms with E-state index in [1.165, 1.54) is 0 Å². The smallest absolute Gasteiger partial charge is 0.240 e. The van der Waals surface area contributed by atoms with Crippen molar-refractivity contribution in [3.63, 3.8) is 0 Å². The van der Waals surface area contributed by atoms with Crippen molar-refractivity contribution in [3.8, 4) is 6.07 Å². The topological polar surface area (TPSA) is 82.0 Å². The molecule has 1 aliphatic carbocycles. The van der Waals surface area contributed by atoms with Crippen molar-refractivity contribution in [1.29, 1.82) is 5.26 Å². The van der Waals surface area contributed by atoms with E-state index in [4.69, 9.17) is 5.26 Å². The first kappa shape index (κ1) is 16.7. The molecule has 2 aromatic carbocycles. The maximum absolute atomic E-state index is 12.6. The lowest BCUT2D eigenvalue weighted by molar-refractivity contribution is -0.134. The maximum atomic E-state index is 12.6. The minimum atomic E-state index is -1.01. The van der Waals surface area contributed by atoms with E-state index in [2.05, 4.69) is 10.6 Å². The summed E-state index contributed by atoms with van der Waals surface area (Å²) in [6.45, 7) is 1.90. The molecule has 2 N–H and O–H groups in total. The predicted molar refractivity (Wildman–Crippen MR) is 94.5 cm³/mol. The average molecular weight is 333 g/mol. The number of carbonyl (C=O) groups is 2. The monoisotopic (exact) mass is 333 g/mol. The summed E-state index contributed by atoms with van der Waals surface area (Å²) in [6, 6.07) is 18.2. The summed E-state index contributed by atoms with van der Waals surface area (Å²) in [5.74, 6) is -0.571. The zero-order valence-electron chi connectivity index (χ0n) is 14.0. The highest BCUT2D eigenvalue weighted by atomic mass is 16.2. The fourth-order valence-corrected chi connectivity index (χ4v) is 2.76. The first-order valence-electron chi connectivity index (χ1n) is 8.23. The van der Waals surface area contributed by atoms with Gasteiger partial charge in [-0.2, -0.15) is 5.26 Å². The molecule has 126 valence electrons. The van der Waals surface area contributed by atoms with Gasteiger partial charge < -0.3 is 10.6 Å². The number of nitrogens with one attached hydrogen (secondary N) is 2. The number of benzene rings is 2. The van der Waals surface area contributed by atoms with E-state index >= 15 is 0 Å². The first-order valence-corrected chi connectivity index (χ1v) is 8.23. The zero-order valence-corrected chi connectivity index (χ0v) is 14.0. The van der Waals surface area contributed by atoms with Crippen molar-refractivity contribution in [2.45, 2.75) is 25.8 Å². The van der Waals surface area contributed by atoms with Crippen molar-refractivity contribution in [2.75, 3.05) is 5.32 Å². The third kappa shape index (κ3) is 3.53. The van der Waals surface area contributed by atoms with E-state index in [1.807, 2.05) is 43.3 Å². The number of hydrogen-bond donors (Lipinski definition) is 2. The summed E-state index contributed by atoms with van der Waals surface area (Å²) in [7, 11) is 0. The van der Waals surface area contributed by atoms with Crippen LogP contribution in [-0.4, -0.2) is 11.8 Å². The van der Waals surface area contributed by atoms with Gasteiger partial charge in [0.1, 0.15) is 5.41 Å². The van der Waals surface area contributed by atoms with Gasteiger partial charge in [-0.05, 0) is 43.5 Å². The predicted octanol–water partition coefficient (Wildman–Crippen LogP) is 3.15. The van der Waals surface area contributed by atoms with Gasteiger partial charge in [0.2, 0.25) is 11.8 Å². The summed E-state index contributed by atoms with van der Waals surface area (Å²) >= 11 is 0. The maximum Gasteiger partial charge on any atom is 0.240 e. The normalized spacial score (nSPS) is 15.5. The Bertz CT molecular complexity index is 836. The van der Waals surface area contributed by atoms with Crippen LogP contribution in [0.15, 0.2) is 54.6 Å². The molecule has 5 heteroatoms. The molecule has 0 aromatic heterocycles.